The maximum atomic E-state index is 12.8. The van der Waals surface area contributed by atoms with Crippen LogP contribution in [0.15, 0.2) is 35.3 Å². The van der Waals surface area contributed by atoms with Crippen molar-refractivity contribution >= 4 is 5.97 Å². The van der Waals surface area contributed by atoms with Gasteiger partial charge in [0.2, 0.25) is 11.1 Å². The van der Waals surface area contributed by atoms with E-state index in [0.717, 1.165) is 24.0 Å². The van der Waals surface area contributed by atoms with Crippen LogP contribution in [0.2, 0.25) is 0 Å². The van der Waals surface area contributed by atoms with Gasteiger partial charge in [-0.15, -0.1) is 0 Å². The Morgan fingerprint density at radius 1 is 1.32 bits per heavy atom. The Bertz CT molecular complexity index is 807. The van der Waals surface area contributed by atoms with Crippen LogP contribution in [0, 0.1) is 6.92 Å². The summed E-state index contributed by atoms with van der Waals surface area (Å²) < 4.78 is 10.9. The summed E-state index contributed by atoms with van der Waals surface area (Å²) in [5, 5.41) is 4.24. The molecule has 2 aromatic rings. The van der Waals surface area contributed by atoms with Crippen LogP contribution in [-0.4, -0.2) is 40.8 Å². The van der Waals surface area contributed by atoms with Gasteiger partial charge in [0.1, 0.15) is 13.7 Å². The molecule has 0 saturated heterocycles. The number of carbonyl (C=O) groups is 1. The lowest BCUT2D eigenvalue weighted by Crippen LogP contribution is -2.25. The van der Waals surface area contributed by atoms with E-state index in [9.17, 15) is 9.59 Å². The monoisotopic (exact) mass is 343 g/mol. The van der Waals surface area contributed by atoms with E-state index in [1.165, 1.54) is 0 Å². The van der Waals surface area contributed by atoms with Gasteiger partial charge >= 0.3 is 5.97 Å². The number of esters is 1. The number of rotatable bonds is 7. The first-order valence-corrected chi connectivity index (χ1v) is 8.53. The second kappa shape index (κ2) is 7.61. The van der Waals surface area contributed by atoms with E-state index in [-0.39, 0.29) is 23.8 Å². The van der Waals surface area contributed by atoms with Gasteiger partial charge in [0, 0.05) is 11.8 Å². The Morgan fingerprint density at radius 2 is 2.04 bits per heavy atom. The number of benzene rings is 1. The van der Waals surface area contributed by atoms with Crippen LogP contribution in [0.1, 0.15) is 41.4 Å². The molecule has 1 saturated carbocycles. The molecule has 0 spiro atoms. The lowest BCUT2D eigenvalue weighted by molar-refractivity contribution is 0.000305. The number of hydrogen-bond donors (Lipinski definition) is 0. The van der Waals surface area contributed by atoms with Crippen molar-refractivity contribution < 1.29 is 14.3 Å². The lowest BCUT2D eigenvalue weighted by Gasteiger charge is -2.10. The zero-order valence-electron chi connectivity index (χ0n) is 14.6. The zero-order valence-corrected chi connectivity index (χ0v) is 14.6. The summed E-state index contributed by atoms with van der Waals surface area (Å²) in [4.78, 5) is 25.1. The van der Waals surface area contributed by atoms with Crippen molar-refractivity contribution in [2.45, 2.75) is 32.2 Å². The molecule has 0 amide bonds. The van der Waals surface area contributed by atoms with Crippen molar-refractivity contribution in [3.05, 3.63) is 51.9 Å². The van der Waals surface area contributed by atoms with Crippen LogP contribution in [-0.2, 0) is 4.74 Å². The fraction of sp³-hybridized carbons (Fsp3) is 0.421. The molecule has 1 aliphatic rings. The topological polar surface area (TPSA) is 74.0 Å². The molecule has 1 aromatic heterocycles. The van der Waals surface area contributed by atoms with Gasteiger partial charge in [-0.1, -0.05) is 29.8 Å². The van der Waals surface area contributed by atoms with E-state index >= 15 is 0 Å². The minimum Gasteiger partial charge on any atom is -0.460 e. The van der Waals surface area contributed by atoms with E-state index in [4.69, 9.17) is 4.74 Å². The average Bonchev–Trinajstić information content (AvgIpc) is 3.45. The molecular formula is C19H23N2O4+. The van der Waals surface area contributed by atoms with Crippen LogP contribution >= 0.6 is 0 Å². The van der Waals surface area contributed by atoms with Crippen molar-refractivity contribution in [1.29, 1.82) is 0 Å². The highest BCUT2D eigenvalue weighted by Crippen LogP contribution is 2.34. The van der Waals surface area contributed by atoms with E-state index in [1.54, 1.807) is 18.0 Å². The first-order chi connectivity index (χ1) is 12.1. The van der Waals surface area contributed by atoms with E-state index in [0.29, 0.717) is 18.6 Å². The molecule has 1 heterocycles. The fourth-order valence-corrected chi connectivity index (χ4v) is 2.56. The quantitative estimate of drug-likeness (QED) is 0.439. The van der Waals surface area contributed by atoms with Gasteiger partial charge in [0.15, 0.2) is 0 Å². The van der Waals surface area contributed by atoms with Crippen LogP contribution < -0.4 is 5.43 Å². The van der Waals surface area contributed by atoms with Crippen molar-refractivity contribution in [3.63, 3.8) is 0 Å². The summed E-state index contributed by atoms with van der Waals surface area (Å²) in [5.74, 6) is -0.663. The third-order valence-electron chi connectivity index (χ3n) is 4.17. The van der Waals surface area contributed by atoms with Crippen molar-refractivity contribution in [1.82, 2.24) is 9.78 Å². The highest BCUT2D eigenvalue weighted by atomic mass is 16.5. The SMILES string of the molecule is C[OH+]CCCOC(=O)c1nn(C2CC2)cc(-c2ccc(C)cc2)c1=O. The minimum atomic E-state index is -0.663. The Morgan fingerprint density at radius 3 is 2.68 bits per heavy atom. The summed E-state index contributed by atoms with van der Waals surface area (Å²) in [7, 11) is 1.71. The molecule has 0 radical (unpaired) electrons. The van der Waals surface area contributed by atoms with Gasteiger partial charge in [-0.3, -0.25) is 9.48 Å². The standard InChI is InChI=1S/C19H22N2O4/c1-13-4-6-14(7-5-13)16-12-21(15-8-9-15)20-17(18(16)22)19(23)25-11-3-10-24-2/h4-7,12,15H,3,8-11H2,1-2H3/p+1. The second-order valence-corrected chi connectivity index (χ2v) is 6.33. The predicted octanol–water partition coefficient (Wildman–Crippen LogP) is 2.26. The Kier molecular flexibility index (Phi) is 5.28. The molecule has 1 fully saturated rings. The molecule has 6 nitrogen and oxygen atoms in total. The molecular weight excluding hydrogens is 320 g/mol. The zero-order chi connectivity index (χ0) is 17.8. The lowest BCUT2D eigenvalue weighted by atomic mass is 10.1. The van der Waals surface area contributed by atoms with Crippen molar-refractivity contribution in [2.24, 2.45) is 0 Å². The predicted molar refractivity (Wildman–Crippen MR) is 94.9 cm³/mol. The van der Waals surface area contributed by atoms with Gasteiger partial charge in [-0.05, 0) is 25.3 Å². The molecule has 1 N–H and O–H groups in total. The number of aromatic nitrogens is 2. The van der Waals surface area contributed by atoms with Gasteiger partial charge in [-0.25, -0.2) is 4.79 Å². The molecule has 0 unspecified atom stereocenters. The number of hydrogen-bond acceptors (Lipinski definition) is 4. The number of aliphatic hydroxyl groups is 2. The first kappa shape index (κ1) is 17.4. The maximum Gasteiger partial charge on any atom is 0.362 e. The summed E-state index contributed by atoms with van der Waals surface area (Å²) in [5.41, 5.74) is 1.86. The Labute approximate surface area is 146 Å². The molecule has 0 atom stereocenters. The van der Waals surface area contributed by atoms with Crippen LogP contribution in [0.25, 0.3) is 11.1 Å². The van der Waals surface area contributed by atoms with Crippen molar-refractivity contribution in [3.8, 4) is 11.1 Å². The summed E-state index contributed by atoms with van der Waals surface area (Å²) in [6.07, 6.45) is 4.40. The van der Waals surface area contributed by atoms with Gasteiger partial charge in [0.05, 0.1) is 19.1 Å². The number of ether oxygens (including phenoxy) is 2. The van der Waals surface area contributed by atoms with Crippen LogP contribution in [0.5, 0.6) is 0 Å². The molecule has 0 bridgehead atoms. The van der Waals surface area contributed by atoms with Gasteiger partial charge < -0.3 is 9.47 Å². The van der Waals surface area contributed by atoms with Gasteiger partial charge in [-0.2, -0.15) is 5.10 Å². The smallest absolute Gasteiger partial charge is 0.362 e. The summed E-state index contributed by atoms with van der Waals surface area (Å²) in [6.45, 7) is 2.84. The third kappa shape index (κ3) is 4.14. The summed E-state index contributed by atoms with van der Waals surface area (Å²) >= 11 is 0. The summed E-state index contributed by atoms with van der Waals surface area (Å²) in [6, 6.07) is 7.93. The number of nitrogens with zero attached hydrogens (tertiary/aromatic N) is 2. The first-order valence-electron chi connectivity index (χ1n) is 8.53. The Hall–Kier alpha value is -2.47. The van der Waals surface area contributed by atoms with E-state index in [1.807, 2.05) is 31.2 Å². The van der Waals surface area contributed by atoms with Crippen LogP contribution in [0.3, 0.4) is 0 Å². The molecule has 3 rings (SSSR count). The third-order valence-corrected chi connectivity index (χ3v) is 4.17. The average molecular weight is 343 g/mol. The normalized spacial score (nSPS) is 13.7. The molecule has 0 aliphatic heterocycles. The number of aryl methyl sites for hydroxylation is 1. The van der Waals surface area contributed by atoms with Crippen molar-refractivity contribution in [2.75, 3.05) is 20.3 Å². The van der Waals surface area contributed by atoms with Crippen LogP contribution in [0.4, 0.5) is 0 Å². The van der Waals surface area contributed by atoms with E-state index in [2.05, 4.69) is 9.84 Å². The highest BCUT2D eigenvalue weighted by Gasteiger charge is 2.27. The number of carbonyl (C=O) groups excluding carboxylic acids is 1. The molecule has 6 heteroatoms. The second-order valence-electron chi connectivity index (χ2n) is 6.33. The molecule has 1 aliphatic carbocycles. The molecule has 132 valence electrons. The fourth-order valence-electron chi connectivity index (χ4n) is 2.56. The Balaban J connectivity index is 1.93. The molecule has 25 heavy (non-hydrogen) atoms. The molecule has 1 aromatic carbocycles. The largest absolute Gasteiger partial charge is 0.460 e. The van der Waals surface area contributed by atoms with E-state index < -0.39 is 5.97 Å². The van der Waals surface area contributed by atoms with Gasteiger partial charge in [0.25, 0.3) is 0 Å². The maximum absolute atomic E-state index is 12.8. The highest BCUT2D eigenvalue weighted by molar-refractivity contribution is 5.88. The minimum absolute atomic E-state index is 0.140.